The van der Waals surface area contributed by atoms with Gasteiger partial charge in [0.2, 0.25) is 0 Å². The van der Waals surface area contributed by atoms with E-state index in [4.69, 9.17) is 4.74 Å². The summed E-state index contributed by atoms with van der Waals surface area (Å²) < 4.78 is 6.00. The number of rotatable bonds is 2. The Morgan fingerprint density at radius 1 is 1.35 bits per heavy atom. The van der Waals surface area contributed by atoms with Crippen LogP contribution in [-0.4, -0.2) is 18.7 Å². The number of hydrogen-bond acceptors (Lipinski definition) is 2. The molecule has 3 unspecified atom stereocenters. The summed E-state index contributed by atoms with van der Waals surface area (Å²) in [7, 11) is 0. The van der Waals surface area contributed by atoms with Crippen molar-refractivity contribution in [3.05, 3.63) is 29.8 Å². The van der Waals surface area contributed by atoms with Crippen molar-refractivity contribution in [3.63, 3.8) is 0 Å². The summed E-state index contributed by atoms with van der Waals surface area (Å²) in [5, 5.41) is 3.62. The third-order valence-electron chi connectivity index (χ3n) is 4.02. The van der Waals surface area contributed by atoms with Crippen LogP contribution in [0.15, 0.2) is 24.3 Å². The maximum absolute atomic E-state index is 6.00. The number of fused-ring (bicyclic) bond motifs is 1. The van der Waals surface area contributed by atoms with Gasteiger partial charge in [0, 0.05) is 12.5 Å². The Hall–Kier alpha value is -1.02. The van der Waals surface area contributed by atoms with Crippen LogP contribution in [0.1, 0.15) is 31.7 Å². The fraction of sp³-hybridized carbons (Fsp3) is 0.600. The predicted molar refractivity (Wildman–Crippen MR) is 69.4 cm³/mol. The van der Waals surface area contributed by atoms with Crippen LogP contribution in [0.5, 0.6) is 5.75 Å². The van der Waals surface area contributed by atoms with E-state index >= 15 is 0 Å². The van der Waals surface area contributed by atoms with Gasteiger partial charge < -0.3 is 10.1 Å². The van der Waals surface area contributed by atoms with Gasteiger partial charge in [-0.3, -0.25) is 0 Å². The zero-order valence-corrected chi connectivity index (χ0v) is 10.5. The van der Waals surface area contributed by atoms with Gasteiger partial charge in [0.1, 0.15) is 11.9 Å². The van der Waals surface area contributed by atoms with Crippen LogP contribution in [0.4, 0.5) is 0 Å². The van der Waals surface area contributed by atoms with Gasteiger partial charge in [-0.15, -0.1) is 0 Å². The molecule has 92 valence electrons. The Morgan fingerprint density at radius 3 is 3.06 bits per heavy atom. The second-order valence-corrected chi connectivity index (χ2v) is 5.57. The average molecular weight is 231 g/mol. The fourth-order valence-electron chi connectivity index (χ4n) is 3.10. The smallest absolute Gasteiger partial charge is 0.123 e. The Balaban J connectivity index is 1.58. The first kappa shape index (κ1) is 11.1. The molecule has 1 aromatic carbocycles. The molecular weight excluding hydrogens is 210 g/mol. The van der Waals surface area contributed by atoms with Crippen molar-refractivity contribution in [2.75, 3.05) is 6.54 Å². The lowest BCUT2D eigenvalue weighted by Gasteiger charge is -2.29. The van der Waals surface area contributed by atoms with Crippen LogP contribution < -0.4 is 10.1 Å². The van der Waals surface area contributed by atoms with Crippen LogP contribution >= 0.6 is 0 Å². The van der Waals surface area contributed by atoms with E-state index in [-0.39, 0.29) is 0 Å². The first-order chi connectivity index (χ1) is 8.31. The number of piperidine rings is 1. The molecule has 0 amide bonds. The van der Waals surface area contributed by atoms with Crippen molar-refractivity contribution in [2.45, 2.75) is 44.8 Å². The maximum atomic E-state index is 6.00. The van der Waals surface area contributed by atoms with Gasteiger partial charge in [-0.25, -0.2) is 0 Å². The summed E-state index contributed by atoms with van der Waals surface area (Å²) in [5.41, 5.74) is 1.38. The fourth-order valence-corrected chi connectivity index (χ4v) is 3.10. The van der Waals surface area contributed by atoms with Crippen LogP contribution in [0.25, 0.3) is 0 Å². The zero-order chi connectivity index (χ0) is 11.7. The van der Waals surface area contributed by atoms with Crippen molar-refractivity contribution >= 4 is 0 Å². The zero-order valence-electron chi connectivity index (χ0n) is 10.5. The van der Waals surface area contributed by atoms with E-state index in [2.05, 4.69) is 36.5 Å². The minimum Gasteiger partial charge on any atom is -0.490 e. The van der Waals surface area contributed by atoms with E-state index in [1.165, 1.54) is 24.9 Å². The third kappa shape index (κ3) is 2.47. The number of ether oxygens (including phenoxy) is 1. The summed E-state index contributed by atoms with van der Waals surface area (Å²) in [6.45, 7) is 3.53. The molecule has 0 bridgehead atoms. The maximum Gasteiger partial charge on any atom is 0.123 e. The van der Waals surface area contributed by atoms with Crippen molar-refractivity contribution < 1.29 is 4.74 Å². The molecule has 1 N–H and O–H groups in total. The van der Waals surface area contributed by atoms with Gasteiger partial charge in [0.25, 0.3) is 0 Å². The Labute approximate surface area is 103 Å². The highest BCUT2D eigenvalue weighted by atomic mass is 16.5. The predicted octanol–water partition coefficient (Wildman–Crippen LogP) is 2.77. The van der Waals surface area contributed by atoms with E-state index in [1.807, 2.05) is 0 Å². The largest absolute Gasteiger partial charge is 0.490 e. The van der Waals surface area contributed by atoms with Gasteiger partial charge >= 0.3 is 0 Å². The molecule has 1 fully saturated rings. The van der Waals surface area contributed by atoms with Gasteiger partial charge in [0.05, 0.1) is 0 Å². The van der Waals surface area contributed by atoms with Gasteiger partial charge in [0.15, 0.2) is 0 Å². The van der Waals surface area contributed by atoms with Crippen molar-refractivity contribution in [1.82, 2.24) is 5.32 Å². The van der Waals surface area contributed by atoms with Crippen LogP contribution in [0, 0.1) is 5.92 Å². The van der Waals surface area contributed by atoms with Crippen molar-refractivity contribution in [2.24, 2.45) is 5.92 Å². The molecule has 0 radical (unpaired) electrons. The van der Waals surface area contributed by atoms with Crippen molar-refractivity contribution in [3.8, 4) is 5.75 Å². The average Bonchev–Trinajstić information content (AvgIpc) is 2.71. The highest BCUT2D eigenvalue weighted by molar-refractivity contribution is 5.37. The second kappa shape index (κ2) is 4.69. The number of benzene rings is 1. The molecule has 2 heterocycles. The standard InChI is InChI=1S/C15H21NO/c1-11-6-7-16-13(8-11)10-14-9-12-4-2-3-5-15(12)17-14/h2-5,11,13-14,16H,6-10H2,1H3. The molecule has 3 rings (SSSR count). The molecule has 0 saturated carbocycles. The van der Waals surface area contributed by atoms with Gasteiger partial charge in [-0.05, 0) is 43.4 Å². The molecule has 0 spiro atoms. The first-order valence-corrected chi connectivity index (χ1v) is 6.79. The second-order valence-electron chi connectivity index (χ2n) is 5.57. The van der Waals surface area contributed by atoms with Gasteiger partial charge in [-0.2, -0.15) is 0 Å². The van der Waals surface area contributed by atoms with Crippen LogP contribution in [0.2, 0.25) is 0 Å². The summed E-state index contributed by atoms with van der Waals surface area (Å²) in [6, 6.07) is 9.09. The molecule has 2 aliphatic rings. The summed E-state index contributed by atoms with van der Waals surface area (Å²) >= 11 is 0. The summed E-state index contributed by atoms with van der Waals surface area (Å²) in [6.07, 6.45) is 5.25. The molecule has 0 aliphatic carbocycles. The van der Waals surface area contributed by atoms with Gasteiger partial charge in [-0.1, -0.05) is 25.1 Å². The van der Waals surface area contributed by atoms with E-state index < -0.39 is 0 Å². The highest BCUT2D eigenvalue weighted by Gasteiger charge is 2.27. The molecule has 17 heavy (non-hydrogen) atoms. The molecule has 2 aliphatic heterocycles. The topological polar surface area (TPSA) is 21.3 Å². The molecule has 0 aromatic heterocycles. The molecule has 3 atom stereocenters. The first-order valence-electron chi connectivity index (χ1n) is 6.79. The van der Waals surface area contributed by atoms with Crippen LogP contribution in [-0.2, 0) is 6.42 Å². The number of para-hydroxylation sites is 1. The lowest BCUT2D eigenvalue weighted by atomic mass is 9.90. The number of hydrogen-bond donors (Lipinski definition) is 1. The Morgan fingerprint density at radius 2 is 2.24 bits per heavy atom. The quantitative estimate of drug-likeness (QED) is 0.845. The molecule has 1 saturated heterocycles. The van der Waals surface area contributed by atoms with E-state index in [0.29, 0.717) is 12.1 Å². The monoisotopic (exact) mass is 231 g/mol. The number of nitrogens with one attached hydrogen (secondary N) is 1. The van der Waals surface area contributed by atoms with E-state index in [0.717, 1.165) is 24.5 Å². The lowest BCUT2D eigenvalue weighted by Crippen LogP contribution is -2.40. The third-order valence-corrected chi connectivity index (χ3v) is 4.02. The molecular formula is C15H21NO. The molecule has 1 aromatic rings. The summed E-state index contributed by atoms with van der Waals surface area (Å²) in [4.78, 5) is 0. The normalized spacial score (nSPS) is 31.9. The Kier molecular flexibility index (Phi) is 3.06. The summed E-state index contributed by atoms with van der Waals surface area (Å²) in [5.74, 6) is 1.96. The molecule has 2 heteroatoms. The van der Waals surface area contributed by atoms with E-state index in [1.54, 1.807) is 0 Å². The SMILES string of the molecule is CC1CCNC(CC2Cc3ccccc3O2)C1. The minimum atomic E-state index is 0.384. The lowest BCUT2D eigenvalue weighted by molar-refractivity contribution is 0.181. The van der Waals surface area contributed by atoms with Crippen LogP contribution in [0.3, 0.4) is 0 Å². The molecule has 2 nitrogen and oxygen atoms in total. The highest BCUT2D eigenvalue weighted by Crippen LogP contribution is 2.31. The minimum absolute atomic E-state index is 0.384. The Bertz CT molecular complexity index is 365. The van der Waals surface area contributed by atoms with E-state index in [9.17, 15) is 0 Å². The van der Waals surface area contributed by atoms with Crippen molar-refractivity contribution in [1.29, 1.82) is 0 Å².